The molecule has 0 heterocycles. The minimum atomic E-state index is -0.474. The van der Waals surface area contributed by atoms with Gasteiger partial charge in [0.05, 0.1) is 5.54 Å². The van der Waals surface area contributed by atoms with Crippen molar-refractivity contribution in [3.63, 3.8) is 0 Å². The van der Waals surface area contributed by atoms with E-state index >= 15 is 0 Å². The summed E-state index contributed by atoms with van der Waals surface area (Å²) in [5, 5.41) is 3.38. The van der Waals surface area contributed by atoms with Gasteiger partial charge < -0.3 is 16.0 Å². The van der Waals surface area contributed by atoms with Gasteiger partial charge in [-0.15, -0.1) is 0 Å². The quantitative estimate of drug-likeness (QED) is 0.790. The van der Waals surface area contributed by atoms with Gasteiger partial charge in [-0.05, 0) is 58.0 Å². The van der Waals surface area contributed by atoms with Crippen molar-refractivity contribution in [2.45, 2.75) is 76.3 Å². The fourth-order valence-electron chi connectivity index (χ4n) is 4.36. The smallest absolute Gasteiger partial charge is 0.237 e. The van der Waals surface area contributed by atoms with Gasteiger partial charge in [0.1, 0.15) is 0 Å². The summed E-state index contributed by atoms with van der Waals surface area (Å²) in [6.07, 6.45) is 11.0. The predicted octanol–water partition coefficient (Wildman–Crippen LogP) is 2.27. The Labute approximate surface area is 129 Å². The van der Waals surface area contributed by atoms with Gasteiger partial charge in [0, 0.05) is 12.6 Å². The molecular formula is C17H33N3O. The molecule has 2 atom stereocenters. The lowest BCUT2D eigenvalue weighted by atomic mass is 9.77. The summed E-state index contributed by atoms with van der Waals surface area (Å²) in [5.74, 6) is 0.688. The van der Waals surface area contributed by atoms with Gasteiger partial charge in [0.25, 0.3) is 0 Å². The molecule has 4 heteroatoms. The third kappa shape index (κ3) is 4.19. The van der Waals surface area contributed by atoms with Crippen LogP contribution in [0.5, 0.6) is 0 Å². The second-order valence-corrected chi connectivity index (χ2v) is 7.17. The van der Waals surface area contributed by atoms with Crippen LogP contribution in [0.15, 0.2) is 0 Å². The first kappa shape index (κ1) is 16.8. The Hall–Kier alpha value is -0.610. The van der Waals surface area contributed by atoms with Crippen LogP contribution in [0.3, 0.4) is 0 Å². The van der Waals surface area contributed by atoms with E-state index < -0.39 is 5.54 Å². The van der Waals surface area contributed by atoms with Gasteiger partial charge in [-0.3, -0.25) is 4.79 Å². The zero-order valence-corrected chi connectivity index (χ0v) is 13.9. The van der Waals surface area contributed by atoms with Crippen LogP contribution in [0.4, 0.5) is 0 Å². The van der Waals surface area contributed by atoms with Gasteiger partial charge in [-0.25, -0.2) is 0 Å². The topological polar surface area (TPSA) is 58.4 Å². The molecule has 2 aliphatic carbocycles. The average Bonchev–Trinajstić information content (AvgIpc) is 2.48. The normalized spacial score (nSPS) is 31.5. The van der Waals surface area contributed by atoms with Crippen molar-refractivity contribution in [3.8, 4) is 0 Å². The monoisotopic (exact) mass is 295 g/mol. The molecule has 0 aromatic rings. The van der Waals surface area contributed by atoms with E-state index in [1.54, 1.807) is 0 Å². The maximum Gasteiger partial charge on any atom is 0.237 e. The summed E-state index contributed by atoms with van der Waals surface area (Å²) in [5.41, 5.74) is 5.24. The molecule has 0 spiro atoms. The van der Waals surface area contributed by atoms with Crippen molar-refractivity contribution >= 4 is 5.91 Å². The highest BCUT2D eigenvalue weighted by atomic mass is 16.1. The Kier molecular flexibility index (Phi) is 6.06. The highest BCUT2D eigenvalue weighted by molar-refractivity contribution is 5.84. The van der Waals surface area contributed by atoms with E-state index in [4.69, 9.17) is 5.73 Å². The summed E-state index contributed by atoms with van der Waals surface area (Å²) in [6.45, 7) is 4.05. The molecule has 122 valence electrons. The first-order valence-electron chi connectivity index (χ1n) is 8.82. The van der Waals surface area contributed by atoms with Crippen LogP contribution < -0.4 is 11.1 Å². The first-order valence-corrected chi connectivity index (χ1v) is 8.82. The van der Waals surface area contributed by atoms with E-state index in [1.807, 2.05) is 0 Å². The SMILES string of the molecule is CCNC1(C(N)=O)CCCC(N(C)CC2CCCCC2)C1. The van der Waals surface area contributed by atoms with E-state index in [0.29, 0.717) is 6.04 Å². The predicted molar refractivity (Wildman–Crippen MR) is 87.1 cm³/mol. The molecule has 0 aromatic carbocycles. The van der Waals surface area contributed by atoms with E-state index in [2.05, 4.69) is 24.2 Å². The number of carbonyl (C=O) groups is 1. The number of hydrogen-bond acceptors (Lipinski definition) is 3. The van der Waals surface area contributed by atoms with E-state index in [1.165, 1.54) is 45.1 Å². The number of carbonyl (C=O) groups excluding carboxylic acids is 1. The molecule has 2 saturated carbocycles. The zero-order valence-electron chi connectivity index (χ0n) is 13.9. The fraction of sp³-hybridized carbons (Fsp3) is 0.941. The second-order valence-electron chi connectivity index (χ2n) is 7.17. The van der Waals surface area contributed by atoms with Crippen molar-refractivity contribution in [2.24, 2.45) is 11.7 Å². The maximum atomic E-state index is 12.0. The molecule has 2 fully saturated rings. The number of rotatable bonds is 6. The van der Waals surface area contributed by atoms with Crippen LogP contribution in [-0.2, 0) is 4.79 Å². The molecule has 0 saturated heterocycles. The van der Waals surface area contributed by atoms with Crippen LogP contribution >= 0.6 is 0 Å². The molecule has 2 aliphatic rings. The molecular weight excluding hydrogens is 262 g/mol. The van der Waals surface area contributed by atoms with Gasteiger partial charge in [0.15, 0.2) is 0 Å². The van der Waals surface area contributed by atoms with Crippen LogP contribution in [0.2, 0.25) is 0 Å². The van der Waals surface area contributed by atoms with Gasteiger partial charge in [0.2, 0.25) is 5.91 Å². The Bertz CT molecular complexity index is 337. The first-order chi connectivity index (χ1) is 10.1. The van der Waals surface area contributed by atoms with Crippen LogP contribution in [0, 0.1) is 5.92 Å². The summed E-state index contributed by atoms with van der Waals surface area (Å²) < 4.78 is 0. The summed E-state index contributed by atoms with van der Waals surface area (Å²) in [6, 6.07) is 0.493. The van der Waals surface area contributed by atoms with Crippen molar-refractivity contribution in [1.82, 2.24) is 10.2 Å². The zero-order chi connectivity index (χ0) is 15.3. The molecule has 21 heavy (non-hydrogen) atoms. The molecule has 1 amide bonds. The summed E-state index contributed by atoms with van der Waals surface area (Å²) in [4.78, 5) is 14.5. The van der Waals surface area contributed by atoms with Crippen molar-refractivity contribution in [3.05, 3.63) is 0 Å². The minimum absolute atomic E-state index is 0.167. The summed E-state index contributed by atoms with van der Waals surface area (Å²) in [7, 11) is 2.24. The Balaban J connectivity index is 1.93. The van der Waals surface area contributed by atoms with Gasteiger partial charge in [-0.1, -0.05) is 26.2 Å². The molecule has 2 unspecified atom stereocenters. The minimum Gasteiger partial charge on any atom is -0.368 e. The van der Waals surface area contributed by atoms with Gasteiger partial charge in [-0.2, -0.15) is 0 Å². The largest absolute Gasteiger partial charge is 0.368 e. The number of primary amides is 1. The second kappa shape index (κ2) is 7.59. The Morgan fingerprint density at radius 1 is 1.24 bits per heavy atom. The fourth-order valence-corrected chi connectivity index (χ4v) is 4.36. The highest BCUT2D eigenvalue weighted by Crippen LogP contribution is 2.32. The lowest BCUT2D eigenvalue weighted by Gasteiger charge is -2.43. The number of nitrogens with zero attached hydrogens (tertiary/aromatic N) is 1. The Morgan fingerprint density at radius 3 is 2.57 bits per heavy atom. The van der Waals surface area contributed by atoms with Crippen LogP contribution in [-0.4, -0.2) is 42.5 Å². The average molecular weight is 295 g/mol. The summed E-state index contributed by atoms with van der Waals surface area (Å²) >= 11 is 0. The van der Waals surface area contributed by atoms with Gasteiger partial charge >= 0.3 is 0 Å². The van der Waals surface area contributed by atoms with Crippen molar-refractivity contribution in [2.75, 3.05) is 20.1 Å². The molecule has 2 rings (SSSR count). The Morgan fingerprint density at radius 2 is 1.95 bits per heavy atom. The number of nitrogens with two attached hydrogens (primary N) is 1. The van der Waals surface area contributed by atoms with Crippen LogP contribution in [0.1, 0.15) is 64.7 Å². The molecule has 0 radical (unpaired) electrons. The van der Waals surface area contributed by atoms with Crippen molar-refractivity contribution < 1.29 is 4.79 Å². The third-order valence-corrected chi connectivity index (χ3v) is 5.61. The number of amides is 1. The standard InChI is InChI=1S/C17H33N3O/c1-3-19-17(16(18)21)11-7-10-15(12-17)20(2)13-14-8-5-4-6-9-14/h14-15,19H,3-13H2,1-2H3,(H2,18,21). The lowest BCUT2D eigenvalue weighted by Crippen LogP contribution is -2.60. The van der Waals surface area contributed by atoms with Crippen LogP contribution in [0.25, 0.3) is 0 Å². The van der Waals surface area contributed by atoms with E-state index in [-0.39, 0.29) is 5.91 Å². The number of hydrogen-bond donors (Lipinski definition) is 2. The highest BCUT2D eigenvalue weighted by Gasteiger charge is 2.41. The molecule has 0 aromatic heterocycles. The molecule has 3 N–H and O–H groups in total. The van der Waals surface area contributed by atoms with E-state index in [9.17, 15) is 4.79 Å². The number of nitrogens with one attached hydrogen (secondary N) is 1. The lowest BCUT2D eigenvalue weighted by molar-refractivity contribution is -0.126. The van der Waals surface area contributed by atoms with Crippen molar-refractivity contribution in [1.29, 1.82) is 0 Å². The molecule has 0 bridgehead atoms. The number of likely N-dealkylation sites (N-methyl/N-ethyl adjacent to an activating group) is 1. The molecule has 4 nitrogen and oxygen atoms in total. The van der Waals surface area contributed by atoms with E-state index in [0.717, 1.165) is 31.7 Å². The maximum absolute atomic E-state index is 12.0. The molecule has 0 aliphatic heterocycles. The third-order valence-electron chi connectivity index (χ3n) is 5.61.